The largest absolute Gasteiger partial charge is 0.505 e. The summed E-state index contributed by atoms with van der Waals surface area (Å²) in [6.45, 7) is 9.99. The maximum absolute atomic E-state index is 14.1. The second-order valence-corrected chi connectivity index (χ2v) is 22.2. The SMILES string of the molecule is COc1cc(-c2ccc(Nc3ccc(N4CCOCC4)cc3)c3nccn23)ccc1O.NC(=O)c1cc(F)cc(-c2ccc(Nc3ccc(N4CCOCC4)cc3)c3nccn23)c1.Oc1ccc(-c2ccc(Nc3ccc(N4CCOCC4)cc3)c3nccn23)cc1F. The Labute approximate surface area is 534 Å². The van der Waals surface area contributed by atoms with E-state index < -0.39 is 17.5 Å². The number of hydrogen-bond acceptors (Lipinski definition) is 16. The fraction of sp³-hybridized carbons (Fsp3) is 0.183. The predicted octanol–water partition coefficient (Wildman–Crippen LogP) is 12.5. The molecular weight excluding hydrogens is 1180 g/mol. The third-order valence-electron chi connectivity index (χ3n) is 16.4. The Morgan fingerprint density at radius 3 is 1.22 bits per heavy atom. The summed E-state index contributed by atoms with van der Waals surface area (Å²) in [4.78, 5) is 32.0. The first-order valence-electron chi connectivity index (χ1n) is 30.4. The molecule has 20 nitrogen and oxygen atoms in total. The van der Waals surface area contributed by atoms with Crippen molar-refractivity contribution in [3.63, 3.8) is 0 Å². The summed E-state index contributed by atoms with van der Waals surface area (Å²) in [5, 5.41) is 29.7. The molecule has 0 bridgehead atoms. The molecule has 0 atom stereocenters. The second-order valence-electron chi connectivity index (χ2n) is 22.2. The molecule has 12 aromatic rings. The predicted molar refractivity (Wildman–Crippen MR) is 358 cm³/mol. The van der Waals surface area contributed by atoms with E-state index >= 15 is 0 Å². The number of carbonyl (C=O) groups is 1. The van der Waals surface area contributed by atoms with E-state index in [0.717, 1.165) is 153 Å². The summed E-state index contributed by atoms with van der Waals surface area (Å²) < 4.78 is 55.2. The van der Waals surface area contributed by atoms with E-state index in [1.807, 2.05) is 98.4 Å². The molecule has 0 saturated carbocycles. The van der Waals surface area contributed by atoms with Crippen LogP contribution in [0.25, 0.3) is 50.7 Å². The summed E-state index contributed by atoms with van der Waals surface area (Å²) in [5.41, 5.74) is 21.3. The van der Waals surface area contributed by atoms with Crippen molar-refractivity contribution in [1.82, 2.24) is 28.2 Å². The van der Waals surface area contributed by atoms with E-state index in [4.69, 9.17) is 24.7 Å². The number of amides is 1. The molecule has 7 N–H and O–H groups in total. The Morgan fingerprint density at radius 1 is 0.462 bits per heavy atom. The highest BCUT2D eigenvalue weighted by atomic mass is 19.1. The number of benzene rings is 6. The topological polar surface area (TPSA) is 218 Å². The number of anilines is 9. The van der Waals surface area contributed by atoms with Gasteiger partial charge in [-0.1, -0.05) is 0 Å². The molecule has 15 rings (SSSR count). The molecule has 6 aromatic carbocycles. The third-order valence-corrected chi connectivity index (χ3v) is 16.4. The van der Waals surface area contributed by atoms with Gasteiger partial charge in [-0.3, -0.25) is 18.0 Å². The van der Waals surface area contributed by atoms with Crippen molar-refractivity contribution in [1.29, 1.82) is 0 Å². The lowest BCUT2D eigenvalue weighted by Gasteiger charge is -2.29. The molecule has 472 valence electrons. The number of hydrogen-bond donors (Lipinski definition) is 6. The number of halogens is 2. The quantitative estimate of drug-likeness (QED) is 0.0596. The molecule has 93 heavy (non-hydrogen) atoms. The molecule has 3 fully saturated rings. The second kappa shape index (κ2) is 27.5. The minimum atomic E-state index is -0.675. The zero-order valence-electron chi connectivity index (χ0n) is 50.8. The molecule has 0 spiro atoms. The molecule has 6 aromatic heterocycles. The van der Waals surface area contributed by atoms with Crippen molar-refractivity contribution >= 4 is 74.0 Å². The van der Waals surface area contributed by atoms with Crippen molar-refractivity contribution in [2.24, 2.45) is 5.73 Å². The van der Waals surface area contributed by atoms with Crippen molar-refractivity contribution in [3.8, 4) is 51.0 Å². The molecule has 1 amide bonds. The number of nitrogens with one attached hydrogen (secondary N) is 3. The standard InChI is InChI=1S/C24H22FN5O2.C24H24N4O3.C23H21FN4O2/c25-18-14-16(13-17(15-18)23(26)31)22-6-5-21(24-27-7-8-30(22)24)28-19-1-3-20(4-2-19)29-9-11-32-12-10-29;1-30-23-16-17(2-9-22(23)29)21-8-7-20(24-25-10-11-28(21)24)26-18-3-5-19(6-4-18)27-12-14-31-15-13-27;24-19-15-16(1-8-22(19)29)21-7-6-20(23-25-9-10-28(21)23)26-17-2-4-18(5-3-17)27-11-13-30-14-12-27/h1-8,13-15,28H,9-12H2,(H2,26,31);2-11,16,26,29H,12-15H2,1H3;1-10,15,26,29H,11-14H2. The van der Waals surface area contributed by atoms with E-state index in [2.05, 4.69) is 94.1 Å². The number of morpholine rings is 3. The van der Waals surface area contributed by atoms with E-state index in [0.29, 0.717) is 28.2 Å². The third kappa shape index (κ3) is 13.6. The monoisotopic (exact) mass is 1250 g/mol. The van der Waals surface area contributed by atoms with E-state index in [1.54, 1.807) is 50.1 Å². The van der Waals surface area contributed by atoms with Crippen LogP contribution in [0.3, 0.4) is 0 Å². The number of phenolic OH excluding ortho intramolecular Hbond substituents is 2. The fourth-order valence-corrected chi connectivity index (χ4v) is 11.6. The van der Waals surface area contributed by atoms with Crippen LogP contribution in [0.15, 0.2) is 201 Å². The van der Waals surface area contributed by atoms with Gasteiger partial charge in [0.15, 0.2) is 40.0 Å². The Balaban J connectivity index is 0.000000127. The molecular formula is C71H67F2N13O7. The van der Waals surface area contributed by atoms with Crippen molar-refractivity contribution in [2.75, 3.05) is 117 Å². The van der Waals surface area contributed by atoms with Gasteiger partial charge in [-0.25, -0.2) is 23.7 Å². The van der Waals surface area contributed by atoms with Crippen LogP contribution in [0, 0.1) is 11.6 Å². The Bertz CT molecular complexity index is 4580. The van der Waals surface area contributed by atoms with Crippen LogP contribution in [0.2, 0.25) is 0 Å². The summed E-state index contributed by atoms with van der Waals surface area (Å²) >= 11 is 0. The van der Waals surface area contributed by atoms with Crippen molar-refractivity contribution in [2.45, 2.75) is 0 Å². The number of fused-ring (bicyclic) bond motifs is 3. The average Bonchev–Trinajstić information content (AvgIpc) is 1.88. The Hall–Kier alpha value is -11.2. The number of primary amides is 1. The molecule has 22 heteroatoms. The first-order chi connectivity index (χ1) is 45.5. The Morgan fingerprint density at radius 2 is 0.839 bits per heavy atom. The average molecular weight is 1250 g/mol. The zero-order chi connectivity index (χ0) is 63.8. The summed E-state index contributed by atoms with van der Waals surface area (Å²) in [5.74, 6) is -1.65. The minimum absolute atomic E-state index is 0.118. The van der Waals surface area contributed by atoms with Crippen LogP contribution in [-0.4, -0.2) is 130 Å². The Kier molecular flexibility index (Phi) is 17.9. The number of imidazole rings is 3. The number of methoxy groups -OCH3 is 1. The number of nitrogens with two attached hydrogens (primary N) is 1. The molecule has 3 saturated heterocycles. The lowest BCUT2D eigenvalue weighted by Crippen LogP contribution is -2.36. The lowest BCUT2D eigenvalue weighted by atomic mass is 10.1. The van der Waals surface area contributed by atoms with Crippen molar-refractivity contribution in [3.05, 3.63) is 218 Å². The molecule has 3 aliphatic rings. The van der Waals surface area contributed by atoms with Crippen LogP contribution < -0.4 is 41.1 Å². The molecule has 3 aliphatic heterocycles. The number of pyridine rings is 3. The van der Waals surface area contributed by atoms with Gasteiger partial charge < -0.3 is 65.5 Å². The maximum Gasteiger partial charge on any atom is 0.248 e. The van der Waals surface area contributed by atoms with E-state index in [1.165, 1.54) is 29.6 Å². The summed E-state index contributed by atoms with van der Waals surface area (Å²) in [6, 6.07) is 50.4. The van der Waals surface area contributed by atoms with Crippen molar-refractivity contribution < 1.29 is 42.7 Å². The number of carbonyl (C=O) groups excluding carboxylic acids is 1. The molecule has 9 heterocycles. The van der Waals surface area contributed by atoms with Gasteiger partial charge in [-0.05, 0) is 164 Å². The van der Waals surface area contributed by atoms with Gasteiger partial charge in [0, 0.05) is 133 Å². The number of aromatic nitrogens is 6. The van der Waals surface area contributed by atoms with Crippen LogP contribution in [0.5, 0.6) is 17.2 Å². The van der Waals surface area contributed by atoms with Gasteiger partial charge >= 0.3 is 0 Å². The number of nitrogens with zero attached hydrogens (tertiary/aromatic N) is 9. The smallest absolute Gasteiger partial charge is 0.248 e. The van der Waals surface area contributed by atoms with Crippen LogP contribution in [0.4, 0.5) is 60.0 Å². The first kappa shape index (κ1) is 60.7. The maximum atomic E-state index is 14.1. The highest BCUT2D eigenvalue weighted by Crippen LogP contribution is 2.36. The van der Waals surface area contributed by atoms with Crippen LogP contribution in [-0.2, 0) is 14.2 Å². The molecule has 0 aliphatic carbocycles. The van der Waals surface area contributed by atoms with Gasteiger partial charge in [0.1, 0.15) is 5.82 Å². The van der Waals surface area contributed by atoms with E-state index in [9.17, 15) is 23.8 Å². The van der Waals surface area contributed by atoms with Gasteiger partial charge in [0.2, 0.25) is 5.91 Å². The van der Waals surface area contributed by atoms with Crippen LogP contribution in [0.1, 0.15) is 10.4 Å². The minimum Gasteiger partial charge on any atom is -0.505 e. The fourth-order valence-electron chi connectivity index (χ4n) is 11.6. The number of rotatable bonds is 14. The highest BCUT2D eigenvalue weighted by molar-refractivity contribution is 5.94. The van der Waals surface area contributed by atoms with Gasteiger partial charge in [-0.15, -0.1) is 0 Å². The van der Waals surface area contributed by atoms with Gasteiger partial charge in [0.25, 0.3) is 0 Å². The number of phenols is 2. The van der Waals surface area contributed by atoms with Crippen LogP contribution >= 0.6 is 0 Å². The summed E-state index contributed by atoms with van der Waals surface area (Å²) in [6.07, 6.45) is 10.7. The van der Waals surface area contributed by atoms with E-state index in [-0.39, 0.29) is 17.1 Å². The van der Waals surface area contributed by atoms with Gasteiger partial charge in [-0.2, -0.15) is 0 Å². The first-order valence-corrected chi connectivity index (χ1v) is 30.4. The number of aromatic hydroxyl groups is 2. The molecule has 0 radical (unpaired) electrons. The lowest BCUT2D eigenvalue weighted by molar-refractivity contribution is 0.0999. The number of ether oxygens (including phenoxy) is 4. The molecule has 0 unspecified atom stereocenters. The normalized spacial score (nSPS) is 14.1. The zero-order valence-corrected chi connectivity index (χ0v) is 50.8. The van der Waals surface area contributed by atoms with Gasteiger partial charge in [0.05, 0.1) is 80.9 Å². The highest BCUT2D eigenvalue weighted by Gasteiger charge is 2.19. The summed E-state index contributed by atoms with van der Waals surface area (Å²) in [7, 11) is 1.54.